The number of H-pyrrole nitrogens is 1. The van der Waals surface area contributed by atoms with Gasteiger partial charge in [0, 0.05) is 28.7 Å². The molecule has 31 heavy (non-hydrogen) atoms. The van der Waals surface area contributed by atoms with Gasteiger partial charge in [-0.1, -0.05) is 6.07 Å². The first kappa shape index (κ1) is 20.5. The average Bonchev–Trinajstić information content (AvgIpc) is 3.26. The lowest BCUT2D eigenvalue weighted by Crippen LogP contribution is -2.54. The molecule has 5 rings (SSSR count). The molecule has 2 aromatic heterocycles. The van der Waals surface area contributed by atoms with Gasteiger partial charge < -0.3 is 15.7 Å². The molecule has 0 spiro atoms. The summed E-state index contributed by atoms with van der Waals surface area (Å²) in [6.07, 6.45) is 6.61. The lowest BCUT2D eigenvalue weighted by atomic mass is 9.80. The largest absolute Gasteiger partial charge is 0.507 e. The van der Waals surface area contributed by atoms with Gasteiger partial charge >= 0.3 is 0 Å². The molecule has 2 unspecified atom stereocenters. The van der Waals surface area contributed by atoms with E-state index in [4.69, 9.17) is 0 Å². The van der Waals surface area contributed by atoms with Crippen LogP contribution in [0.2, 0.25) is 0 Å². The molecule has 4 heterocycles. The molecule has 3 aromatic rings. The summed E-state index contributed by atoms with van der Waals surface area (Å²) in [7, 11) is 0. The topological polar surface area (TPSA) is 98.8 Å². The predicted molar refractivity (Wildman–Crippen MR) is 125 cm³/mol. The summed E-state index contributed by atoms with van der Waals surface area (Å²) < 4.78 is 0.777. The zero-order valence-electron chi connectivity index (χ0n) is 17.7. The molecule has 2 saturated heterocycles. The van der Waals surface area contributed by atoms with Crippen LogP contribution in [0.25, 0.3) is 22.4 Å². The maximum absolute atomic E-state index is 10.5. The number of anilines is 1. The SMILES string of the molecule is CC12CCC(C)(CC(CNc3ccc(-c4ccc(-c5cn[nH]c5Br)cc4O)nn3)C1)N2. The van der Waals surface area contributed by atoms with E-state index in [1.54, 1.807) is 12.3 Å². The van der Waals surface area contributed by atoms with Crippen LogP contribution in [0.3, 0.4) is 0 Å². The molecule has 0 aliphatic carbocycles. The Morgan fingerprint density at radius 1 is 1.10 bits per heavy atom. The van der Waals surface area contributed by atoms with Crippen molar-refractivity contribution in [3.05, 3.63) is 41.1 Å². The third kappa shape index (κ3) is 4.06. The van der Waals surface area contributed by atoms with E-state index < -0.39 is 0 Å². The Morgan fingerprint density at radius 3 is 2.48 bits per heavy atom. The predicted octanol–water partition coefficient (Wildman–Crippen LogP) is 4.72. The quantitative estimate of drug-likeness (QED) is 0.419. The van der Waals surface area contributed by atoms with Gasteiger partial charge in [-0.05, 0) is 91.2 Å². The molecule has 2 bridgehead atoms. The minimum absolute atomic E-state index is 0.160. The van der Waals surface area contributed by atoms with Gasteiger partial charge in [-0.3, -0.25) is 5.10 Å². The average molecular weight is 483 g/mol. The molecule has 2 atom stereocenters. The number of hydrogen-bond acceptors (Lipinski definition) is 6. The number of halogens is 1. The summed E-state index contributed by atoms with van der Waals surface area (Å²) in [4.78, 5) is 0. The van der Waals surface area contributed by atoms with Crippen LogP contribution < -0.4 is 10.6 Å². The van der Waals surface area contributed by atoms with Crippen LogP contribution in [0.15, 0.2) is 41.1 Å². The number of rotatable bonds is 5. The molecular formula is C23H27BrN6O. The molecule has 7 nitrogen and oxygen atoms in total. The highest BCUT2D eigenvalue weighted by atomic mass is 79.9. The van der Waals surface area contributed by atoms with Gasteiger partial charge in [0.25, 0.3) is 0 Å². The number of piperidine rings is 1. The number of benzene rings is 1. The lowest BCUT2D eigenvalue weighted by molar-refractivity contribution is 0.178. The van der Waals surface area contributed by atoms with Crippen LogP contribution in [0, 0.1) is 5.92 Å². The highest BCUT2D eigenvalue weighted by Crippen LogP contribution is 2.44. The van der Waals surface area contributed by atoms with E-state index in [-0.39, 0.29) is 16.8 Å². The minimum Gasteiger partial charge on any atom is -0.507 e. The highest BCUT2D eigenvalue weighted by Gasteiger charge is 2.48. The number of nitrogens with one attached hydrogen (secondary N) is 3. The monoisotopic (exact) mass is 482 g/mol. The second kappa shape index (κ2) is 7.60. The molecule has 8 heteroatoms. The number of aromatic hydroxyl groups is 1. The summed E-state index contributed by atoms with van der Waals surface area (Å²) in [5, 5.41) is 33.4. The van der Waals surface area contributed by atoms with Crippen molar-refractivity contribution in [3.63, 3.8) is 0 Å². The van der Waals surface area contributed by atoms with Gasteiger partial charge in [0.05, 0.1) is 11.9 Å². The molecule has 4 N–H and O–H groups in total. The highest BCUT2D eigenvalue weighted by molar-refractivity contribution is 9.10. The number of nitrogens with zero attached hydrogens (tertiary/aromatic N) is 3. The normalized spacial score (nSPS) is 27.4. The standard InChI is InChI=1S/C23H27BrN6O/c1-22-7-8-23(2,30-22)11-14(10-22)12-25-20-6-5-18(27-28-20)16-4-3-15(9-19(16)31)17-13-26-29-21(17)24/h3-6,9,13-14,30-31H,7-8,10-12H2,1-2H3,(H,25,28)(H,26,29). The maximum Gasteiger partial charge on any atom is 0.148 e. The van der Waals surface area contributed by atoms with Gasteiger partial charge in [0.2, 0.25) is 0 Å². The van der Waals surface area contributed by atoms with Crippen molar-refractivity contribution in [2.45, 2.75) is 50.6 Å². The molecule has 0 radical (unpaired) electrons. The molecule has 2 aliphatic heterocycles. The molecule has 2 fully saturated rings. The molecule has 162 valence electrons. The van der Waals surface area contributed by atoms with Crippen LogP contribution in [0.4, 0.5) is 5.82 Å². The number of phenolic OH excluding ortho intramolecular Hbond substituents is 1. The van der Waals surface area contributed by atoms with Gasteiger partial charge in [-0.15, -0.1) is 10.2 Å². The van der Waals surface area contributed by atoms with Gasteiger partial charge in [0.1, 0.15) is 16.2 Å². The second-order valence-corrected chi connectivity index (χ2v) is 10.3. The van der Waals surface area contributed by atoms with E-state index >= 15 is 0 Å². The molecule has 1 aromatic carbocycles. The van der Waals surface area contributed by atoms with Crippen molar-refractivity contribution < 1.29 is 5.11 Å². The Balaban J connectivity index is 1.26. The van der Waals surface area contributed by atoms with Crippen LogP contribution >= 0.6 is 15.9 Å². The fourth-order valence-corrected chi connectivity index (χ4v) is 5.84. The second-order valence-electron chi connectivity index (χ2n) is 9.53. The zero-order chi connectivity index (χ0) is 21.6. The molecule has 0 amide bonds. The van der Waals surface area contributed by atoms with Crippen LogP contribution in [0.5, 0.6) is 5.75 Å². The third-order valence-corrected chi connectivity index (χ3v) is 7.33. The van der Waals surface area contributed by atoms with Crippen molar-refractivity contribution in [2.75, 3.05) is 11.9 Å². The Bertz CT molecular complexity index is 1080. The van der Waals surface area contributed by atoms with E-state index in [0.717, 1.165) is 28.1 Å². The Hall–Kier alpha value is -2.45. The molecular weight excluding hydrogens is 456 g/mol. The smallest absolute Gasteiger partial charge is 0.148 e. The van der Waals surface area contributed by atoms with Gasteiger partial charge in [-0.25, -0.2) is 0 Å². The summed E-state index contributed by atoms with van der Waals surface area (Å²) in [6, 6.07) is 9.33. The third-order valence-electron chi connectivity index (χ3n) is 6.72. The first-order chi connectivity index (χ1) is 14.8. The summed E-state index contributed by atoms with van der Waals surface area (Å²) in [6.45, 7) is 5.60. The lowest BCUT2D eigenvalue weighted by Gasteiger charge is -2.42. The Kier molecular flexibility index (Phi) is 5.01. The van der Waals surface area contributed by atoms with Crippen molar-refractivity contribution in [2.24, 2.45) is 5.92 Å². The number of phenols is 1. The van der Waals surface area contributed by atoms with Gasteiger partial charge in [0.15, 0.2) is 0 Å². The summed E-state index contributed by atoms with van der Waals surface area (Å²) in [5.74, 6) is 1.55. The molecule has 0 saturated carbocycles. The van der Waals surface area contributed by atoms with E-state index in [2.05, 4.69) is 60.8 Å². The number of hydrogen-bond donors (Lipinski definition) is 4. The number of aromatic nitrogens is 4. The van der Waals surface area contributed by atoms with E-state index in [1.807, 2.05) is 24.3 Å². The fourth-order valence-electron chi connectivity index (χ4n) is 5.41. The summed E-state index contributed by atoms with van der Waals surface area (Å²) >= 11 is 3.43. The molecule has 2 aliphatic rings. The zero-order valence-corrected chi connectivity index (χ0v) is 19.3. The number of aromatic amines is 1. The maximum atomic E-state index is 10.5. The van der Waals surface area contributed by atoms with Crippen molar-refractivity contribution in [1.29, 1.82) is 0 Å². The summed E-state index contributed by atoms with van der Waals surface area (Å²) in [5.41, 5.74) is 3.59. The van der Waals surface area contributed by atoms with Crippen LogP contribution in [-0.2, 0) is 0 Å². The van der Waals surface area contributed by atoms with Crippen molar-refractivity contribution >= 4 is 21.7 Å². The van der Waals surface area contributed by atoms with E-state index in [0.29, 0.717) is 17.2 Å². The minimum atomic E-state index is 0.160. The first-order valence-corrected chi connectivity index (χ1v) is 11.5. The van der Waals surface area contributed by atoms with E-state index in [9.17, 15) is 5.11 Å². The Labute approximate surface area is 190 Å². The van der Waals surface area contributed by atoms with Crippen LogP contribution in [0.1, 0.15) is 39.5 Å². The van der Waals surface area contributed by atoms with Crippen LogP contribution in [-0.4, -0.2) is 43.1 Å². The van der Waals surface area contributed by atoms with E-state index in [1.165, 1.54) is 25.7 Å². The fraction of sp³-hybridized carbons (Fsp3) is 0.435. The van der Waals surface area contributed by atoms with Gasteiger partial charge in [-0.2, -0.15) is 5.10 Å². The first-order valence-electron chi connectivity index (χ1n) is 10.7. The van der Waals surface area contributed by atoms with Crippen molar-refractivity contribution in [3.8, 4) is 28.1 Å². The Morgan fingerprint density at radius 2 is 1.87 bits per heavy atom. The van der Waals surface area contributed by atoms with Crippen molar-refractivity contribution in [1.82, 2.24) is 25.7 Å². The number of fused-ring (bicyclic) bond motifs is 2.